The molecule has 1 aromatic carbocycles. The fourth-order valence-corrected chi connectivity index (χ4v) is 3.52. The van der Waals surface area contributed by atoms with E-state index in [2.05, 4.69) is 24.5 Å². The van der Waals surface area contributed by atoms with E-state index in [0.29, 0.717) is 0 Å². The van der Waals surface area contributed by atoms with Crippen molar-refractivity contribution in [3.63, 3.8) is 0 Å². The molecule has 2 N–H and O–H groups in total. The number of carboxylic acid groups (broad SMARTS) is 1. The number of rotatable bonds is 3. The SMILES string of the molecule is CC(C)c1cc(O)cc2cc3n(c12)C(C(C)C(=O)O)CC3. The van der Waals surface area contributed by atoms with Gasteiger partial charge in [-0.2, -0.15) is 0 Å². The number of carbonyl (C=O) groups is 1. The van der Waals surface area contributed by atoms with E-state index in [4.69, 9.17) is 0 Å². The quantitative estimate of drug-likeness (QED) is 0.905. The van der Waals surface area contributed by atoms with Gasteiger partial charge in [0.25, 0.3) is 0 Å². The Morgan fingerprint density at radius 3 is 2.62 bits per heavy atom. The minimum absolute atomic E-state index is 0.00274. The van der Waals surface area contributed by atoms with Crippen LogP contribution in [0.5, 0.6) is 5.75 Å². The van der Waals surface area contributed by atoms with Gasteiger partial charge in [-0.05, 0) is 49.4 Å². The second-order valence-corrected chi connectivity index (χ2v) is 6.37. The molecule has 1 aliphatic heterocycles. The largest absolute Gasteiger partial charge is 0.508 e. The lowest BCUT2D eigenvalue weighted by Crippen LogP contribution is -2.21. The van der Waals surface area contributed by atoms with Crippen LogP contribution in [0.1, 0.15) is 50.4 Å². The molecule has 112 valence electrons. The number of hydrogen-bond acceptors (Lipinski definition) is 2. The van der Waals surface area contributed by atoms with Gasteiger partial charge in [0.2, 0.25) is 0 Å². The van der Waals surface area contributed by atoms with Gasteiger partial charge in [0.1, 0.15) is 5.75 Å². The van der Waals surface area contributed by atoms with Crippen molar-refractivity contribution in [2.24, 2.45) is 5.92 Å². The summed E-state index contributed by atoms with van der Waals surface area (Å²) in [6.07, 6.45) is 1.77. The number of hydrogen-bond donors (Lipinski definition) is 2. The predicted octanol–water partition coefficient (Wildman–Crippen LogP) is 3.68. The summed E-state index contributed by atoms with van der Waals surface area (Å²) in [5, 5.41) is 20.3. The summed E-state index contributed by atoms with van der Waals surface area (Å²) in [7, 11) is 0. The monoisotopic (exact) mass is 287 g/mol. The minimum atomic E-state index is -0.750. The van der Waals surface area contributed by atoms with Crippen molar-refractivity contribution < 1.29 is 15.0 Å². The molecule has 0 aliphatic carbocycles. The van der Waals surface area contributed by atoms with E-state index in [1.165, 1.54) is 5.69 Å². The van der Waals surface area contributed by atoms with E-state index in [0.717, 1.165) is 29.3 Å². The summed E-state index contributed by atoms with van der Waals surface area (Å²) < 4.78 is 2.20. The fourth-order valence-electron chi connectivity index (χ4n) is 3.52. The van der Waals surface area contributed by atoms with Gasteiger partial charge in [-0.1, -0.05) is 13.8 Å². The van der Waals surface area contributed by atoms with E-state index in [-0.39, 0.29) is 17.7 Å². The van der Waals surface area contributed by atoms with Gasteiger partial charge in [0.05, 0.1) is 11.4 Å². The number of aryl methyl sites for hydroxylation is 1. The Bertz CT molecular complexity index is 714. The Labute approximate surface area is 124 Å². The van der Waals surface area contributed by atoms with Crippen molar-refractivity contribution in [1.29, 1.82) is 0 Å². The van der Waals surface area contributed by atoms with Crippen molar-refractivity contribution in [3.8, 4) is 5.75 Å². The number of carboxylic acids is 1. The van der Waals surface area contributed by atoms with Crippen LogP contribution < -0.4 is 0 Å². The number of phenolic OH excluding ortho intramolecular Hbond substituents is 1. The first-order valence-electron chi connectivity index (χ1n) is 7.49. The maximum Gasteiger partial charge on any atom is 0.308 e. The molecule has 3 rings (SSSR count). The topological polar surface area (TPSA) is 62.5 Å². The first kappa shape index (κ1) is 14.0. The number of fused-ring (bicyclic) bond motifs is 3. The van der Waals surface area contributed by atoms with Crippen molar-refractivity contribution >= 4 is 16.9 Å². The number of aliphatic carboxylic acids is 1. The standard InChI is InChI=1S/C17H21NO3/c1-9(2)14-8-13(19)7-11-6-12-4-5-15(10(3)17(20)21)18(12)16(11)14/h6-10,15,19H,4-5H2,1-3H3,(H,20,21). The lowest BCUT2D eigenvalue weighted by Gasteiger charge is -2.21. The maximum absolute atomic E-state index is 11.4. The van der Waals surface area contributed by atoms with Crippen molar-refractivity contribution in [3.05, 3.63) is 29.5 Å². The van der Waals surface area contributed by atoms with E-state index in [1.54, 1.807) is 19.1 Å². The summed E-state index contributed by atoms with van der Waals surface area (Å²) in [5.41, 5.74) is 3.35. The highest BCUT2D eigenvalue weighted by atomic mass is 16.4. The van der Waals surface area contributed by atoms with Crippen LogP contribution in [0.25, 0.3) is 10.9 Å². The molecule has 0 spiro atoms. The van der Waals surface area contributed by atoms with Gasteiger partial charge in [0.15, 0.2) is 0 Å². The molecule has 2 unspecified atom stereocenters. The van der Waals surface area contributed by atoms with E-state index in [9.17, 15) is 15.0 Å². The van der Waals surface area contributed by atoms with Crippen molar-refractivity contribution in [1.82, 2.24) is 4.57 Å². The predicted molar refractivity (Wildman–Crippen MR) is 81.8 cm³/mol. The molecule has 1 aromatic heterocycles. The lowest BCUT2D eigenvalue weighted by atomic mass is 9.96. The molecule has 2 heterocycles. The van der Waals surface area contributed by atoms with Crippen LogP contribution in [0.4, 0.5) is 0 Å². The zero-order valence-corrected chi connectivity index (χ0v) is 12.6. The van der Waals surface area contributed by atoms with Gasteiger partial charge in [-0.3, -0.25) is 4.79 Å². The van der Waals surface area contributed by atoms with Gasteiger partial charge in [0, 0.05) is 17.1 Å². The highest BCUT2D eigenvalue weighted by Crippen LogP contribution is 2.41. The number of benzene rings is 1. The molecule has 2 atom stereocenters. The van der Waals surface area contributed by atoms with Crippen molar-refractivity contribution in [2.45, 2.75) is 45.6 Å². The molecule has 2 aromatic rings. The molecule has 21 heavy (non-hydrogen) atoms. The van der Waals surface area contributed by atoms with Crippen LogP contribution in [0.2, 0.25) is 0 Å². The first-order valence-corrected chi connectivity index (χ1v) is 7.49. The van der Waals surface area contributed by atoms with Gasteiger partial charge < -0.3 is 14.8 Å². The second-order valence-electron chi connectivity index (χ2n) is 6.37. The van der Waals surface area contributed by atoms with E-state index < -0.39 is 11.9 Å². The number of phenols is 1. The lowest BCUT2D eigenvalue weighted by molar-refractivity contribution is -0.142. The van der Waals surface area contributed by atoms with Crippen LogP contribution in [0.15, 0.2) is 18.2 Å². The maximum atomic E-state index is 11.4. The third-order valence-corrected chi connectivity index (χ3v) is 4.64. The zero-order valence-electron chi connectivity index (χ0n) is 12.6. The number of aromatic nitrogens is 1. The van der Waals surface area contributed by atoms with E-state index in [1.807, 2.05) is 0 Å². The van der Waals surface area contributed by atoms with Gasteiger partial charge >= 0.3 is 5.97 Å². The molecule has 0 saturated carbocycles. The van der Waals surface area contributed by atoms with Crippen LogP contribution in [0.3, 0.4) is 0 Å². The molecule has 0 bridgehead atoms. The molecular weight excluding hydrogens is 266 g/mol. The average molecular weight is 287 g/mol. The fraction of sp³-hybridized carbons (Fsp3) is 0.471. The molecule has 0 amide bonds. The summed E-state index contributed by atoms with van der Waals surface area (Å²) in [6, 6.07) is 5.67. The number of nitrogens with zero attached hydrogens (tertiary/aromatic N) is 1. The Kier molecular flexibility index (Phi) is 3.19. The normalized spacial score (nSPS) is 19.1. The van der Waals surface area contributed by atoms with Crippen LogP contribution in [-0.4, -0.2) is 20.7 Å². The molecule has 0 fully saturated rings. The highest BCUT2D eigenvalue weighted by Gasteiger charge is 2.33. The van der Waals surface area contributed by atoms with Crippen LogP contribution in [0, 0.1) is 5.92 Å². The average Bonchev–Trinajstić information content (AvgIpc) is 2.94. The van der Waals surface area contributed by atoms with Crippen molar-refractivity contribution in [2.75, 3.05) is 0 Å². The second kappa shape index (κ2) is 4.79. The Morgan fingerprint density at radius 2 is 2.00 bits per heavy atom. The molecule has 0 saturated heterocycles. The Hall–Kier alpha value is -1.97. The summed E-state index contributed by atoms with van der Waals surface area (Å²) in [6.45, 7) is 5.97. The molecule has 1 aliphatic rings. The van der Waals surface area contributed by atoms with Gasteiger partial charge in [-0.25, -0.2) is 0 Å². The first-order chi connectivity index (χ1) is 9.90. The Balaban J connectivity index is 2.25. The third kappa shape index (κ3) is 2.09. The summed E-state index contributed by atoms with van der Waals surface area (Å²) >= 11 is 0. The van der Waals surface area contributed by atoms with Crippen LogP contribution >= 0.6 is 0 Å². The smallest absolute Gasteiger partial charge is 0.308 e. The van der Waals surface area contributed by atoms with Crippen LogP contribution in [-0.2, 0) is 11.2 Å². The summed E-state index contributed by atoms with van der Waals surface area (Å²) in [5.74, 6) is -0.603. The highest BCUT2D eigenvalue weighted by molar-refractivity contribution is 5.87. The molecule has 0 radical (unpaired) electrons. The Morgan fingerprint density at radius 1 is 1.29 bits per heavy atom. The number of aromatic hydroxyl groups is 1. The van der Waals surface area contributed by atoms with Gasteiger partial charge in [-0.15, -0.1) is 0 Å². The zero-order chi connectivity index (χ0) is 15.3. The minimum Gasteiger partial charge on any atom is -0.508 e. The van der Waals surface area contributed by atoms with E-state index >= 15 is 0 Å². The molecule has 4 nitrogen and oxygen atoms in total. The summed E-state index contributed by atoms with van der Waals surface area (Å²) in [4.78, 5) is 11.4. The molecule has 4 heteroatoms. The molecular formula is C17H21NO3. The third-order valence-electron chi connectivity index (χ3n) is 4.64.